The van der Waals surface area contributed by atoms with Crippen LogP contribution in [0, 0.1) is 0 Å². The third-order valence-electron chi connectivity index (χ3n) is 3.15. The van der Waals surface area contributed by atoms with Crippen LogP contribution in [0.1, 0.15) is 0 Å². The molecule has 6 nitrogen and oxygen atoms in total. The summed E-state index contributed by atoms with van der Waals surface area (Å²) in [5.41, 5.74) is 0.521. The molecule has 114 valence electrons. The predicted octanol–water partition coefficient (Wildman–Crippen LogP) is 2.88. The molecule has 7 heteroatoms. The van der Waals surface area contributed by atoms with E-state index in [2.05, 4.69) is 0 Å². The first-order valence-corrected chi connectivity index (χ1v) is 8.26. The van der Waals surface area contributed by atoms with E-state index in [0.29, 0.717) is 5.56 Å². The number of sulfonamides is 1. The van der Waals surface area contributed by atoms with Crippen molar-refractivity contribution in [1.82, 2.24) is 0 Å². The monoisotopic (exact) mass is 319 g/mol. The van der Waals surface area contributed by atoms with Gasteiger partial charge in [0.05, 0.1) is 6.26 Å². The Morgan fingerprint density at radius 2 is 1.68 bits per heavy atom. The van der Waals surface area contributed by atoms with Gasteiger partial charge in [-0.3, -0.25) is 4.72 Å². The average molecular weight is 319 g/mol. The van der Waals surface area contributed by atoms with Crippen molar-refractivity contribution in [1.29, 1.82) is 0 Å². The lowest BCUT2D eigenvalue weighted by molar-refractivity contribution is 0.410. The van der Waals surface area contributed by atoms with E-state index in [1.54, 1.807) is 12.1 Å². The number of nitrogens with one attached hydrogen (secondary N) is 1. The van der Waals surface area contributed by atoms with Crippen LogP contribution in [0.25, 0.3) is 22.1 Å². The van der Waals surface area contributed by atoms with E-state index >= 15 is 0 Å². The highest BCUT2D eigenvalue weighted by Gasteiger charge is 2.22. The van der Waals surface area contributed by atoms with Gasteiger partial charge in [0.25, 0.3) is 5.88 Å². The summed E-state index contributed by atoms with van der Waals surface area (Å²) < 4.78 is 29.7. The lowest BCUT2D eigenvalue weighted by atomic mass is 10.1. The van der Waals surface area contributed by atoms with Crippen molar-refractivity contribution in [2.45, 2.75) is 0 Å². The van der Waals surface area contributed by atoms with Crippen molar-refractivity contribution in [2.75, 3.05) is 11.0 Å². The van der Waals surface area contributed by atoms with Crippen LogP contribution in [-0.2, 0) is 10.0 Å². The molecule has 0 aliphatic rings. The normalized spacial score (nSPS) is 11.7. The molecule has 22 heavy (non-hydrogen) atoms. The first-order valence-electron chi connectivity index (χ1n) is 6.37. The minimum Gasteiger partial charge on any atom is -0.502 e. The maximum Gasteiger partial charge on any atom is 0.253 e. The van der Waals surface area contributed by atoms with Gasteiger partial charge in [0, 0.05) is 5.56 Å². The first-order chi connectivity index (χ1) is 10.3. The van der Waals surface area contributed by atoms with Gasteiger partial charge in [0.1, 0.15) is 0 Å². The Kier molecular flexibility index (Phi) is 3.22. The molecule has 1 aromatic heterocycles. The number of furan rings is 1. The zero-order chi connectivity index (χ0) is 15.9. The highest BCUT2D eigenvalue weighted by Crippen LogP contribution is 2.45. The van der Waals surface area contributed by atoms with E-state index in [1.165, 1.54) is 0 Å². The summed E-state index contributed by atoms with van der Waals surface area (Å²) >= 11 is 0. The third-order valence-corrected chi connectivity index (χ3v) is 3.70. The van der Waals surface area contributed by atoms with Gasteiger partial charge in [-0.1, -0.05) is 36.4 Å². The summed E-state index contributed by atoms with van der Waals surface area (Å²) in [6.45, 7) is 0. The van der Waals surface area contributed by atoms with Crippen LogP contribution in [0.15, 0.2) is 46.9 Å². The Labute approximate surface area is 126 Å². The Morgan fingerprint density at radius 1 is 1.00 bits per heavy atom. The van der Waals surface area contributed by atoms with Gasteiger partial charge >= 0.3 is 0 Å². The maximum absolute atomic E-state index is 11.2. The standard InChI is InChI=1S/C15H13NO5S/c1-22(19,20)16-15-13(18)12(17)14(21-15)11-7-6-9-4-2-3-5-10(9)8-11/h2-8,16-18H,1H3. The molecular weight excluding hydrogens is 306 g/mol. The van der Waals surface area contributed by atoms with Gasteiger partial charge in [-0.25, -0.2) is 8.42 Å². The topological polar surface area (TPSA) is 99.8 Å². The van der Waals surface area contributed by atoms with Gasteiger partial charge in [-0.05, 0) is 16.8 Å². The molecule has 0 aliphatic carbocycles. The van der Waals surface area contributed by atoms with Crippen molar-refractivity contribution in [3.63, 3.8) is 0 Å². The fourth-order valence-electron chi connectivity index (χ4n) is 2.18. The second kappa shape index (κ2) is 4.96. The number of hydrogen-bond donors (Lipinski definition) is 3. The molecule has 0 amide bonds. The van der Waals surface area contributed by atoms with E-state index in [0.717, 1.165) is 17.0 Å². The van der Waals surface area contributed by atoms with E-state index in [4.69, 9.17) is 4.42 Å². The summed E-state index contributed by atoms with van der Waals surface area (Å²) in [4.78, 5) is 0. The molecule has 1 heterocycles. The zero-order valence-corrected chi connectivity index (χ0v) is 12.4. The molecule has 0 spiro atoms. The van der Waals surface area contributed by atoms with Crippen LogP contribution < -0.4 is 4.72 Å². The van der Waals surface area contributed by atoms with E-state index < -0.39 is 27.4 Å². The van der Waals surface area contributed by atoms with Crippen molar-refractivity contribution in [3.05, 3.63) is 42.5 Å². The molecule has 0 radical (unpaired) electrons. The SMILES string of the molecule is CS(=O)(=O)Nc1oc(-c2ccc3ccccc3c2)c(O)c1O. The Bertz CT molecular complexity index is 959. The van der Waals surface area contributed by atoms with Gasteiger partial charge in [0.15, 0.2) is 5.76 Å². The van der Waals surface area contributed by atoms with Crippen molar-refractivity contribution >= 4 is 26.7 Å². The minimum absolute atomic E-state index is 0.00518. The van der Waals surface area contributed by atoms with Crippen LogP contribution in [0.5, 0.6) is 11.5 Å². The van der Waals surface area contributed by atoms with Crippen LogP contribution in [-0.4, -0.2) is 24.9 Å². The first kappa shape index (κ1) is 14.3. The highest BCUT2D eigenvalue weighted by atomic mass is 32.2. The number of aromatic hydroxyl groups is 2. The summed E-state index contributed by atoms with van der Waals surface area (Å²) in [6.07, 6.45) is 0.918. The van der Waals surface area contributed by atoms with E-state index in [-0.39, 0.29) is 5.76 Å². The Balaban J connectivity index is 2.12. The van der Waals surface area contributed by atoms with Crippen LogP contribution in [0.2, 0.25) is 0 Å². The molecule has 3 N–H and O–H groups in total. The molecule has 2 aromatic carbocycles. The molecular formula is C15H13NO5S. The molecule has 0 unspecified atom stereocenters. The largest absolute Gasteiger partial charge is 0.502 e. The van der Waals surface area contributed by atoms with Crippen molar-refractivity contribution in [3.8, 4) is 22.8 Å². The average Bonchev–Trinajstić information content (AvgIpc) is 2.73. The van der Waals surface area contributed by atoms with Gasteiger partial charge in [-0.15, -0.1) is 0 Å². The molecule has 0 atom stereocenters. The maximum atomic E-state index is 11.2. The Hall–Kier alpha value is -2.67. The van der Waals surface area contributed by atoms with Gasteiger partial charge < -0.3 is 14.6 Å². The quantitative estimate of drug-likeness (QED) is 0.689. The van der Waals surface area contributed by atoms with Crippen LogP contribution in [0.3, 0.4) is 0 Å². The van der Waals surface area contributed by atoms with Crippen LogP contribution >= 0.6 is 0 Å². The third kappa shape index (κ3) is 2.58. The van der Waals surface area contributed by atoms with Gasteiger partial charge in [0.2, 0.25) is 21.5 Å². The zero-order valence-electron chi connectivity index (χ0n) is 11.6. The summed E-state index contributed by atoms with van der Waals surface area (Å²) in [7, 11) is -3.63. The fraction of sp³-hybridized carbons (Fsp3) is 0.0667. The second-order valence-corrected chi connectivity index (χ2v) is 6.64. The van der Waals surface area contributed by atoms with Crippen molar-refractivity contribution in [2.24, 2.45) is 0 Å². The highest BCUT2D eigenvalue weighted by molar-refractivity contribution is 7.92. The van der Waals surface area contributed by atoms with Crippen LogP contribution in [0.4, 0.5) is 5.88 Å². The number of rotatable bonds is 3. The van der Waals surface area contributed by atoms with E-state index in [9.17, 15) is 18.6 Å². The number of hydrogen-bond acceptors (Lipinski definition) is 5. The number of fused-ring (bicyclic) bond motifs is 1. The van der Waals surface area contributed by atoms with Gasteiger partial charge in [-0.2, -0.15) is 0 Å². The molecule has 3 aromatic rings. The molecule has 0 bridgehead atoms. The smallest absolute Gasteiger partial charge is 0.253 e. The van der Waals surface area contributed by atoms with Crippen molar-refractivity contribution < 1.29 is 23.0 Å². The summed E-state index contributed by atoms with van der Waals surface area (Å²) in [6, 6.07) is 13.0. The second-order valence-electron chi connectivity index (χ2n) is 4.89. The Morgan fingerprint density at radius 3 is 2.36 bits per heavy atom. The number of anilines is 1. The summed E-state index contributed by atoms with van der Waals surface area (Å²) in [5, 5.41) is 21.7. The lowest BCUT2D eigenvalue weighted by Crippen LogP contribution is -2.08. The fourth-order valence-corrected chi connectivity index (χ4v) is 2.65. The molecule has 0 aliphatic heterocycles. The molecule has 0 saturated heterocycles. The molecule has 3 rings (SSSR count). The number of benzene rings is 2. The minimum atomic E-state index is -3.63. The molecule has 0 fully saturated rings. The van der Waals surface area contributed by atoms with E-state index in [1.807, 2.05) is 35.1 Å². The molecule has 0 saturated carbocycles. The lowest BCUT2D eigenvalue weighted by Gasteiger charge is -2.02. The predicted molar refractivity (Wildman–Crippen MR) is 83.4 cm³/mol. The summed E-state index contributed by atoms with van der Waals surface area (Å²) in [5.74, 6) is -1.58.